The van der Waals surface area contributed by atoms with Crippen molar-refractivity contribution >= 4 is 59.2 Å². The molecule has 0 radical (unpaired) electrons. The Kier molecular flexibility index (Phi) is 20.8. The number of aliphatic imine (C=N–C) groups is 1. The summed E-state index contributed by atoms with van der Waals surface area (Å²) >= 11 is 0. The molecular weight excluding hydrogens is 861 g/mol. The number of nitrogens with two attached hydrogens (primary N) is 2. The first-order valence-corrected chi connectivity index (χ1v) is 22.4. The number of aliphatic hydroxyl groups is 1. The summed E-state index contributed by atoms with van der Waals surface area (Å²) in [5, 5.41) is 33.7. The number of hydrogen-bond acceptors (Lipinski definition) is 12. The van der Waals surface area contributed by atoms with Gasteiger partial charge in [-0.2, -0.15) is 0 Å². The van der Waals surface area contributed by atoms with Gasteiger partial charge in [0.05, 0.1) is 6.42 Å². The monoisotopic (exact) mass is 929 g/mol. The van der Waals surface area contributed by atoms with E-state index in [-0.39, 0.29) is 51.0 Å². The Bertz CT molecular complexity index is 1930. The SMILES string of the molecule is CCCC(=O)N[C@H](CC(=O)O)C(=O)N[C@@H]1C(=O)N[C@@H](CCCN=C(N)N)C(=O)N[C@H]2CC[C@@H](O)N(C2=O)[C@@H](C(C)C)C(=O)N(C)[C@@H](Cc2ccccc2)C(=O)N[C@@H]([C@@H](C)CC)C(=O)O[C@H]1C. The van der Waals surface area contributed by atoms with Crippen LogP contribution in [0.5, 0.6) is 0 Å². The third-order valence-corrected chi connectivity index (χ3v) is 11.7. The smallest absolute Gasteiger partial charge is 0.329 e. The van der Waals surface area contributed by atoms with Gasteiger partial charge in [-0.25, -0.2) is 4.79 Å². The van der Waals surface area contributed by atoms with E-state index in [0.29, 0.717) is 18.4 Å². The average molecular weight is 929 g/mol. The van der Waals surface area contributed by atoms with E-state index in [1.807, 2.05) is 0 Å². The molecule has 2 fully saturated rings. The van der Waals surface area contributed by atoms with Crippen LogP contribution in [0, 0.1) is 11.8 Å². The molecule has 2 aliphatic rings. The summed E-state index contributed by atoms with van der Waals surface area (Å²) in [6.07, 6.45) is -3.51. The molecule has 11 N–H and O–H groups in total. The van der Waals surface area contributed by atoms with Gasteiger partial charge in [-0.1, -0.05) is 71.4 Å². The number of rotatable bonds is 16. The molecule has 10 atom stereocenters. The number of carbonyl (C=O) groups excluding carboxylic acids is 8. The fraction of sp³-hybridized carbons (Fsp3) is 0.636. The molecular formula is C44H68N10O12. The number of hydrogen-bond donors (Lipinski definition) is 9. The van der Waals surface area contributed by atoms with Crippen LogP contribution in [-0.4, -0.2) is 147 Å². The Balaban J connectivity index is 2.25. The van der Waals surface area contributed by atoms with Crippen molar-refractivity contribution in [3.8, 4) is 0 Å². The van der Waals surface area contributed by atoms with Crippen molar-refractivity contribution in [2.75, 3.05) is 13.6 Å². The molecule has 1 aromatic rings. The lowest BCUT2D eigenvalue weighted by Gasteiger charge is -2.44. The molecule has 366 valence electrons. The number of amides is 7. The van der Waals surface area contributed by atoms with Gasteiger partial charge in [-0.15, -0.1) is 0 Å². The number of carboxylic acids is 1. The number of cyclic esters (lactones) is 1. The van der Waals surface area contributed by atoms with Gasteiger partial charge < -0.3 is 62.8 Å². The molecule has 2 bridgehead atoms. The van der Waals surface area contributed by atoms with Gasteiger partial charge >= 0.3 is 11.9 Å². The Morgan fingerprint density at radius 3 is 2.20 bits per heavy atom. The molecule has 22 nitrogen and oxygen atoms in total. The fourth-order valence-corrected chi connectivity index (χ4v) is 7.77. The zero-order valence-corrected chi connectivity index (χ0v) is 38.8. The molecule has 66 heavy (non-hydrogen) atoms. The second kappa shape index (κ2) is 25.4. The second-order valence-corrected chi connectivity index (χ2v) is 17.2. The van der Waals surface area contributed by atoms with Gasteiger partial charge in [0.1, 0.15) is 54.6 Å². The lowest BCUT2D eigenvalue weighted by atomic mass is 9.93. The molecule has 2 heterocycles. The topological polar surface area (TPSA) is 334 Å². The zero-order chi connectivity index (χ0) is 49.4. The number of ether oxygens (including phenoxy) is 1. The van der Waals surface area contributed by atoms with Crippen LogP contribution in [0.3, 0.4) is 0 Å². The third kappa shape index (κ3) is 15.1. The van der Waals surface area contributed by atoms with Crippen molar-refractivity contribution < 1.29 is 58.1 Å². The van der Waals surface area contributed by atoms with Gasteiger partial charge in [-0.3, -0.25) is 43.3 Å². The van der Waals surface area contributed by atoms with E-state index in [2.05, 4.69) is 31.6 Å². The molecule has 0 unspecified atom stereocenters. The van der Waals surface area contributed by atoms with Crippen molar-refractivity contribution in [3.63, 3.8) is 0 Å². The number of aliphatic carboxylic acids is 1. The first-order chi connectivity index (χ1) is 31.1. The number of nitrogens with zero attached hydrogens (tertiary/aromatic N) is 3. The van der Waals surface area contributed by atoms with Crippen molar-refractivity contribution in [2.24, 2.45) is 28.3 Å². The number of carboxylic acid groups (broad SMARTS) is 1. The molecule has 1 aromatic carbocycles. The summed E-state index contributed by atoms with van der Waals surface area (Å²) < 4.78 is 5.85. The lowest BCUT2D eigenvalue weighted by molar-refractivity contribution is -0.167. The number of esters is 1. The van der Waals surface area contributed by atoms with E-state index in [9.17, 15) is 53.4 Å². The highest BCUT2D eigenvalue weighted by Crippen LogP contribution is 2.26. The lowest BCUT2D eigenvalue weighted by Crippen LogP contribution is -2.66. The summed E-state index contributed by atoms with van der Waals surface area (Å²) in [4.78, 5) is 131. The minimum absolute atomic E-state index is 0.00645. The summed E-state index contributed by atoms with van der Waals surface area (Å²) in [5.74, 6) is -10.0. The Labute approximate surface area is 384 Å². The first kappa shape index (κ1) is 54.0. The maximum atomic E-state index is 14.7. The highest BCUT2D eigenvalue weighted by molar-refractivity contribution is 5.99. The molecule has 7 amide bonds. The summed E-state index contributed by atoms with van der Waals surface area (Å²) in [6, 6.07) is -1.59. The molecule has 3 rings (SSSR count). The largest absolute Gasteiger partial charge is 0.481 e. The van der Waals surface area contributed by atoms with Gasteiger partial charge in [0.2, 0.25) is 41.4 Å². The Morgan fingerprint density at radius 1 is 0.939 bits per heavy atom. The molecule has 0 spiro atoms. The van der Waals surface area contributed by atoms with Crippen molar-refractivity contribution in [1.82, 2.24) is 36.4 Å². The maximum absolute atomic E-state index is 14.7. The maximum Gasteiger partial charge on any atom is 0.329 e. The van der Waals surface area contributed by atoms with E-state index >= 15 is 0 Å². The summed E-state index contributed by atoms with van der Waals surface area (Å²) in [7, 11) is 1.38. The predicted octanol–water partition coefficient (Wildman–Crippen LogP) is -1.23. The molecule has 0 saturated carbocycles. The Hall–Kier alpha value is -6.32. The van der Waals surface area contributed by atoms with Crippen LogP contribution in [0.2, 0.25) is 0 Å². The number of benzene rings is 1. The minimum atomic E-state index is -1.85. The number of carbonyl (C=O) groups is 9. The molecule has 22 heteroatoms. The minimum Gasteiger partial charge on any atom is -0.481 e. The zero-order valence-electron chi connectivity index (χ0n) is 38.8. The van der Waals surface area contributed by atoms with Crippen LogP contribution < -0.4 is 38.1 Å². The van der Waals surface area contributed by atoms with Crippen LogP contribution in [0.1, 0.15) is 98.5 Å². The standard InChI is InChI=1S/C44H68N10O12/c1-8-14-31(55)48-29(22-33(57)58)38(60)52-35-25(6)66-43(65)34(24(5)9-2)51-39(61)30(21-26-15-11-10-12-16-26)53(7)42(64)36(23(3)4)54-32(56)19-18-28(41(54)63)50-37(59)27(49-40(35)62)17-13-20-47-44(45)46/h10-12,15-16,23-25,27-30,32,34-36,56H,8-9,13-14,17-22H2,1-7H3,(H,48,55)(H,49,62)(H,50,59)(H,51,61)(H,52,60)(H,57,58)(H4,45,46,47)/t24-,25-,27-,28-,29+,30-,32+,34-,35-,36-/m0/s1. The molecule has 2 saturated heterocycles. The van der Waals surface area contributed by atoms with Gasteiger partial charge in [0.15, 0.2) is 5.96 Å². The van der Waals surface area contributed by atoms with Crippen LogP contribution in [-0.2, 0) is 54.3 Å². The van der Waals surface area contributed by atoms with Crippen LogP contribution in [0.25, 0.3) is 0 Å². The van der Waals surface area contributed by atoms with Crippen molar-refractivity contribution in [2.45, 2.75) is 154 Å². The van der Waals surface area contributed by atoms with Crippen LogP contribution in [0.4, 0.5) is 0 Å². The predicted molar refractivity (Wildman–Crippen MR) is 239 cm³/mol. The number of fused-ring (bicyclic) bond motifs is 2. The fourth-order valence-electron chi connectivity index (χ4n) is 7.77. The normalized spacial score (nSPS) is 25.7. The Morgan fingerprint density at radius 2 is 1.61 bits per heavy atom. The number of aliphatic hydroxyl groups excluding tert-OH is 1. The van der Waals surface area contributed by atoms with Crippen LogP contribution in [0.15, 0.2) is 35.3 Å². The second-order valence-electron chi connectivity index (χ2n) is 17.2. The van der Waals surface area contributed by atoms with E-state index in [1.165, 1.54) is 18.9 Å². The molecule has 2 aliphatic heterocycles. The molecule has 0 aromatic heterocycles. The summed E-state index contributed by atoms with van der Waals surface area (Å²) in [6.45, 7) is 9.70. The van der Waals surface area contributed by atoms with Gasteiger partial charge in [-0.05, 0) is 56.4 Å². The number of likely N-dealkylation sites (N-methyl/N-ethyl adjacent to an activating group) is 1. The van der Waals surface area contributed by atoms with Crippen molar-refractivity contribution in [1.29, 1.82) is 0 Å². The van der Waals surface area contributed by atoms with E-state index in [1.54, 1.807) is 65.0 Å². The first-order valence-electron chi connectivity index (χ1n) is 22.4. The van der Waals surface area contributed by atoms with E-state index in [4.69, 9.17) is 16.2 Å². The average Bonchev–Trinajstić information content (AvgIpc) is 3.25. The van der Waals surface area contributed by atoms with E-state index in [0.717, 1.165) is 4.90 Å². The number of nitrogens with one attached hydrogen (secondary N) is 5. The number of piperidine rings is 1. The van der Waals surface area contributed by atoms with Crippen molar-refractivity contribution in [3.05, 3.63) is 35.9 Å². The number of guanidine groups is 1. The van der Waals surface area contributed by atoms with Gasteiger partial charge in [0.25, 0.3) is 0 Å². The highest BCUT2D eigenvalue weighted by atomic mass is 16.5. The highest BCUT2D eigenvalue weighted by Gasteiger charge is 2.46. The summed E-state index contributed by atoms with van der Waals surface area (Å²) in [5.41, 5.74) is 11.6. The molecule has 0 aliphatic carbocycles. The van der Waals surface area contributed by atoms with Gasteiger partial charge in [0, 0.05) is 26.4 Å². The van der Waals surface area contributed by atoms with E-state index < -0.39 is 126 Å². The third-order valence-electron chi connectivity index (χ3n) is 11.7. The van der Waals surface area contributed by atoms with Crippen LogP contribution >= 0.6 is 0 Å². The quantitative estimate of drug-likeness (QED) is 0.0406.